The van der Waals surface area contributed by atoms with Gasteiger partial charge in [0, 0.05) is 7.05 Å². The Balaban J connectivity index is 2.19. The van der Waals surface area contributed by atoms with Gasteiger partial charge in [-0.25, -0.2) is 4.39 Å². The fourth-order valence-corrected chi connectivity index (χ4v) is 1.93. The van der Waals surface area contributed by atoms with Gasteiger partial charge in [0.25, 0.3) is 0 Å². The first-order valence-corrected chi connectivity index (χ1v) is 5.61. The van der Waals surface area contributed by atoms with Crippen molar-refractivity contribution in [1.29, 1.82) is 0 Å². The van der Waals surface area contributed by atoms with Crippen molar-refractivity contribution in [3.63, 3.8) is 0 Å². The molecule has 96 valence electrons. The summed E-state index contributed by atoms with van der Waals surface area (Å²) in [5, 5.41) is 7.30. The van der Waals surface area contributed by atoms with Crippen molar-refractivity contribution in [2.24, 2.45) is 0 Å². The lowest BCUT2D eigenvalue weighted by atomic mass is 10.2. The molecule has 0 aliphatic heterocycles. The fourth-order valence-electron chi connectivity index (χ4n) is 1.93. The number of H-pyrrole nitrogens is 1. The van der Waals surface area contributed by atoms with Gasteiger partial charge >= 0.3 is 0 Å². The van der Waals surface area contributed by atoms with Crippen molar-refractivity contribution in [3.05, 3.63) is 36.3 Å². The molecule has 3 aromatic rings. The Bertz CT molecular complexity index is 738. The van der Waals surface area contributed by atoms with Gasteiger partial charge in [-0.3, -0.25) is 5.10 Å². The number of anilines is 3. The minimum absolute atomic E-state index is 0.106. The van der Waals surface area contributed by atoms with Crippen molar-refractivity contribution in [1.82, 2.24) is 20.2 Å². The zero-order chi connectivity index (χ0) is 13.4. The monoisotopic (exact) mass is 258 g/mol. The molecule has 0 spiro atoms. The summed E-state index contributed by atoms with van der Waals surface area (Å²) in [6, 6.07) is 6.45. The molecule has 0 radical (unpaired) electrons. The first-order chi connectivity index (χ1) is 9.16. The van der Waals surface area contributed by atoms with E-state index in [9.17, 15) is 4.39 Å². The number of hydrogen-bond donors (Lipinski definition) is 2. The van der Waals surface area contributed by atoms with E-state index in [0.29, 0.717) is 22.5 Å². The van der Waals surface area contributed by atoms with Crippen LogP contribution in [0.3, 0.4) is 0 Å². The van der Waals surface area contributed by atoms with E-state index < -0.39 is 0 Å². The van der Waals surface area contributed by atoms with Gasteiger partial charge in [-0.2, -0.15) is 15.1 Å². The molecule has 3 N–H and O–H groups in total. The highest BCUT2D eigenvalue weighted by molar-refractivity contribution is 5.89. The number of para-hydroxylation sites is 1. The predicted octanol–water partition coefficient (Wildman–Crippen LogP) is 1.84. The van der Waals surface area contributed by atoms with E-state index in [1.54, 1.807) is 36.3 Å². The summed E-state index contributed by atoms with van der Waals surface area (Å²) in [6.07, 6.45) is 1.58. The summed E-state index contributed by atoms with van der Waals surface area (Å²) in [5.41, 5.74) is 6.57. The number of rotatable bonds is 2. The van der Waals surface area contributed by atoms with E-state index in [0.717, 1.165) is 0 Å². The lowest BCUT2D eigenvalue weighted by Crippen LogP contribution is -2.14. The van der Waals surface area contributed by atoms with Crippen LogP contribution in [0.25, 0.3) is 11.0 Å². The lowest BCUT2D eigenvalue weighted by Gasteiger charge is -2.19. The van der Waals surface area contributed by atoms with E-state index >= 15 is 0 Å². The Morgan fingerprint density at radius 1 is 1.26 bits per heavy atom. The summed E-state index contributed by atoms with van der Waals surface area (Å²) in [6.45, 7) is 0. The maximum absolute atomic E-state index is 13.8. The highest BCUT2D eigenvalue weighted by Crippen LogP contribution is 2.29. The third kappa shape index (κ3) is 1.85. The van der Waals surface area contributed by atoms with Gasteiger partial charge in [0.1, 0.15) is 11.6 Å². The number of nitrogen functional groups attached to an aromatic ring is 1. The van der Waals surface area contributed by atoms with Gasteiger partial charge in [0.15, 0.2) is 5.65 Å². The number of nitrogens with zero attached hydrogens (tertiary/aromatic N) is 4. The molecule has 0 fully saturated rings. The number of nitrogens with one attached hydrogen (secondary N) is 1. The molecule has 0 aliphatic rings. The second-order valence-electron chi connectivity index (χ2n) is 4.05. The van der Waals surface area contributed by atoms with E-state index in [1.807, 2.05) is 0 Å². The Labute approximate surface area is 108 Å². The van der Waals surface area contributed by atoms with Crippen LogP contribution >= 0.6 is 0 Å². The average molecular weight is 258 g/mol. The Morgan fingerprint density at radius 3 is 2.84 bits per heavy atom. The van der Waals surface area contributed by atoms with Crippen LogP contribution in [0.4, 0.5) is 21.8 Å². The predicted molar refractivity (Wildman–Crippen MR) is 70.6 cm³/mol. The number of aromatic nitrogens is 4. The SMILES string of the molecule is CN(c1ccccc1F)c1nc(N)nc2[nH]ncc12. The summed E-state index contributed by atoms with van der Waals surface area (Å²) < 4.78 is 13.8. The van der Waals surface area contributed by atoms with E-state index in [4.69, 9.17) is 5.73 Å². The molecule has 0 unspecified atom stereocenters. The zero-order valence-corrected chi connectivity index (χ0v) is 10.1. The van der Waals surface area contributed by atoms with Crippen LogP contribution in [0.5, 0.6) is 0 Å². The van der Waals surface area contributed by atoms with Gasteiger partial charge in [0.2, 0.25) is 5.95 Å². The highest BCUT2D eigenvalue weighted by atomic mass is 19.1. The molecule has 7 heteroatoms. The summed E-state index contributed by atoms with van der Waals surface area (Å²) in [4.78, 5) is 9.80. The summed E-state index contributed by atoms with van der Waals surface area (Å²) in [7, 11) is 1.71. The first-order valence-electron chi connectivity index (χ1n) is 5.61. The van der Waals surface area contributed by atoms with Gasteiger partial charge in [0.05, 0.1) is 17.3 Å². The van der Waals surface area contributed by atoms with Crippen LogP contribution in [-0.4, -0.2) is 27.2 Å². The van der Waals surface area contributed by atoms with Crippen molar-refractivity contribution >= 4 is 28.5 Å². The molecule has 1 aromatic carbocycles. The topological polar surface area (TPSA) is 83.7 Å². The Morgan fingerprint density at radius 2 is 2.05 bits per heavy atom. The molecular weight excluding hydrogens is 247 g/mol. The highest BCUT2D eigenvalue weighted by Gasteiger charge is 2.15. The van der Waals surface area contributed by atoms with E-state index in [-0.39, 0.29) is 11.8 Å². The Kier molecular flexibility index (Phi) is 2.52. The second-order valence-corrected chi connectivity index (χ2v) is 4.05. The third-order valence-electron chi connectivity index (χ3n) is 2.84. The average Bonchev–Trinajstić information content (AvgIpc) is 2.85. The molecule has 0 aliphatic carbocycles. The lowest BCUT2D eigenvalue weighted by molar-refractivity contribution is 0.627. The molecule has 3 rings (SSSR count). The fraction of sp³-hybridized carbons (Fsp3) is 0.0833. The largest absolute Gasteiger partial charge is 0.368 e. The second kappa shape index (κ2) is 4.20. The van der Waals surface area contributed by atoms with E-state index in [2.05, 4.69) is 20.2 Å². The van der Waals surface area contributed by atoms with Gasteiger partial charge < -0.3 is 10.6 Å². The van der Waals surface area contributed by atoms with Gasteiger partial charge in [-0.05, 0) is 12.1 Å². The molecule has 0 amide bonds. The number of benzene rings is 1. The first kappa shape index (κ1) is 11.4. The molecule has 6 nitrogen and oxygen atoms in total. The van der Waals surface area contributed by atoms with Gasteiger partial charge in [-0.15, -0.1) is 0 Å². The molecule has 2 heterocycles. The minimum Gasteiger partial charge on any atom is -0.368 e. The van der Waals surface area contributed by atoms with Crippen LogP contribution in [-0.2, 0) is 0 Å². The molecule has 0 saturated carbocycles. The molecule has 0 bridgehead atoms. The molecule has 0 saturated heterocycles. The van der Waals surface area contributed by atoms with Crippen molar-refractivity contribution in [2.75, 3.05) is 17.7 Å². The van der Waals surface area contributed by atoms with Crippen LogP contribution < -0.4 is 10.6 Å². The number of hydrogen-bond acceptors (Lipinski definition) is 5. The third-order valence-corrected chi connectivity index (χ3v) is 2.84. The standard InChI is InChI=1S/C12H11FN6/c1-19(9-5-3-2-4-8(9)13)11-7-6-15-18-10(7)16-12(14)17-11/h2-6H,1H3,(H3,14,15,16,17,18). The van der Waals surface area contributed by atoms with Crippen LogP contribution in [0.15, 0.2) is 30.5 Å². The smallest absolute Gasteiger partial charge is 0.224 e. The van der Waals surface area contributed by atoms with Crippen LogP contribution in [0.2, 0.25) is 0 Å². The number of fused-ring (bicyclic) bond motifs is 1. The summed E-state index contributed by atoms with van der Waals surface area (Å²) in [5.74, 6) is 0.273. The van der Waals surface area contributed by atoms with Crippen molar-refractivity contribution in [2.45, 2.75) is 0 Å². The Hall–Kier alpha value is -2.70. The number of aromatic amines is 1. The maximum Gasteiger partial charge on any atom is 0.224 e. The summed E-state index contributed by atoms with van der Waals surface area (Å²) >= 11 is 0. The van der Waals surface area contributed by atoms with Crippen LogP contribution in [0.1, 0.15) is 0 Å². The number of nitrogens with two attached hydrogens (primary N) is 1. The van der Waals surface area contributed by atoms with Gasteiger partial charge in [-0.1, -0.05) is 12.1 Å². The molecular formula is C12H11FN6. The van der Waals surface area contributed by atoms with Crippen molar-refractivity contribution < 1.29 is 4.39 Å². The normalized spacial score (nSPS) is 10.8. The van der Waals surface area contributed by atoms with Crippen molar-refractivity contribution in [3.8, 4) is 0 Å². The quantitative estimate of drug-likeness (QED) is 0.732. The number of halogens is 1. The van der Waals surface area contributed by atoms with Crippen LogP contribution in [0, 0.1) is 5.82 Å². The minimum atomic E-state index is -0.334. The molecule has 0 atom stereocenters. The van der Waals surface area contributed by atoms with E-state index in [1.165, 1.54) is 6.07 Å². The molecule has 2 aromatic heterocycles. The molecule has 19 heavy (non-hydrogen) atoms. The maximum atomic E-state index is 13.8. The zero-order valence-electron chi connectivity index (χ0n) is 10.1.